The number of benzene rings is 2. The van der Waals surface area contributed by atoms with Crippen molar-refractivity contribution >= 4 is 17.5 Å². The Labute approximate surface area is 156 Å². The van der Waals surface area contributed by atoms with E-state index in [0.717, 1.165) is 11.3 Å². The van der Waals surface area contributed by atoms with Crippen molar-refractivity contribution in [1.29, 1.82) is 5.26 Å². The fourth-order valence-electron chi connectivity index (χ4n) is 2.38. The molecule has 0 aliphatic heterocycles. The summed E-state index contributed by atoms with van der Waals surface area (Å²) in [6.45, 7) is 0.537. The second kappa shape index (κ2) is 8.49. The molecular weight excluding hydrogens is 344 g/mol. The molecule has 0 unspecified atom stereocenters. The Balaban J connectivity index is 1.66. The summed E-state index contributed by atoms with van der Waals surface area (Å²) in [6.07, 6.45) is 1.55. The van der Waals surface area contributed by atoms with Gasteiger partial charge in [0, 0.05) is 12.2 Å². The standard InChI is InChI=1S/C19H18N6O2/c1-26-16-8-5-14(9-17(16)27-2)11-21-18-12-22-25-19(24-18)23-15-6-3-13(10-20)4-7-15/h3-9,12H,11H2,1-2H3,(H2,21,23,24,25). The topological polar surface area (TPSA) is 105 Å². The Morgan fingerprint density at radius 3 is 2.52 bits per heavy atom. The molecule has 136 valence electrons. The van der Waals surface area contributed by atoms with Gasteiger partial charge in [-0.3, -0.25) is 0 Å². The van der Waals surface area contributed by atoms with Gasteiger partial charge < -0.3 is 20.1 Å². The fraction of sp³-hybridized carbons (Fsp3) is 0.158. The van der Waals surface area contributed by atoms with Crippen molar-refractivity contribution in [2.24, 2.45) is 0 Å². The van der Waals surface area contributed by atoms with Crippen molar-refractivity contribution in [3.63, 3.8) is 0 Å². The van der Waals surface area contributed by atoms with Crippen LogP contribution in [0.5, 0.6) is 11.5 Å². The molecule has 0 bridgehead atoms. The molecule has 0 spiro atoms. The lowest BCUT2D eigenvalue weighted by Gasteiger charge is -2.11. The average Bonchev–Trinajstić information content (AvgIpc) is 2.73. The first-order chi connectivity index (χ1) is 13.2. The molecule has 1 aromatic heterocycles. The minimum atomic E-state index is 0.358. The third-order valence-corrected chi connectivity index (χ3v) is 3.75. The predicted octanol–water partition coefficient (Wildman–Crippen LogP) is 3.12. The highest BCUT2D eigenvalue weighted by Gasteiger charge is 2.06. The maximum atomic E-state index is 8.84. The molecule has 0 aliphatic rings. The third kappa shape index (κ3) is 4.61. The van der Waals surface area contributed by atoms with Crippen molar-refractivity contribution in [2.45, 2.75) is 6.54 Å². The number of aromatic nitrogens is 3. The van der Waals surface area contributed by atoms with Crippen molar-refractivity contribution in [1.82, 2.24) is 15.2 Å². The van der Waals surface area contributed by atoms with E-state index in [4.69, 9.17) is 14.7 Å². The zero-order valence-electron chi connectivity index (χ0n) is 14.9. The summed E-state index contributed by atoms with van der Waals surface area (Å²) in [5, 5.41) is 23.0. The number of ether oxygens (including phenoxy) is 2. The lowest BCUT2D eigenvalue weighted by Crippen LogP contribution is -2.06. The molecule has 0 saturated heterocycles. The third-order valence-electron chi connectivity index (χ3n) is 3.75. The summed E-state index contributed by atoms with van der Waals surface area (Å²) >= 11 is 0. The number of methoxy groups -OCH3 is 2. The van der Waals surface area contributed by atoms with E-state index in [9.17, 15) is 0 Å². The molecule has 0 aliphatic carbocycles. The molecule has 0 atom stereocenters. The lowest BCUT2D eigenvalue weighted by molar-refractivity contribution is 0.354. The summed E-state index contributed by atoms with van der Waals surface area (Å²) in [5.74, 6) is 2.28. The highest BCUT2D eigenvalue weighted by molar-refractivity contribution is 5.55. The molecule has 0 radical (unpaired) electrons. The van der Waals surface area contributed by atoms with Gasteiger partial charge in [0.05, 0.1) is 32.0 Å². The van der Waals surface area contributed by atoms with Crippen LogP contribution in [0, 0.1) is 11.3 Å². The van der Waals surface area contributed by atoms with Crippen molar-refractivity contribution in [3.05, 3.63) is 59.8 Å². The van der Waals surface area contributed by atoms with Gasteiger partial charge in [0.15, 0.2) is 17.3 Å². The van der Waals surface area contributed by atoms with Crippen LogP contribution in [-0.4, -0.2) is 29.4 Å². The van der Waals surface area contributed by atoms with E-state index >= 15 is 0 Å². The van der Waals surface area contributed by atoms with Gasteiger partial charge >= 0.3 is 0 Å². The Kier molecular flexibility index (Phi) is 5.64. The van der Waals surface area contributed by atoms with Gasteiger partial charge in [-0.15, -0.1) is 5.10 Å². The molecule has 2 N–H and O–H groups in total. The largest absolute Gasteiger partial charge is 0.493 e. The van der Waals surface area contributed by atoms with Crippen LogP contribution in [0.25, 0.3) is 0 Å². The number of nitriles is 1. The molecule has 8 heteroatoms. The minimum Gasteiger partial charge on any atom is -0.493 e. The molecule has 27 heavy (non-hydrogen) atoms. The second-order valence-electron chi connectivity index (χ2n) is 5.52. The Morgan fingerprint density at radius 2 is 1.81 bits per heavy atom. The van der Waals surface area contributed by atoms with Crippen molar-refractivity contribution in [2.75, 3.05) is 24.9 Å². The van der Waals surface area contributed by atoms with Crippen LogP contribution >= 0.6 is 0 Å². The van der Waals surface area contributed by atoms with Gasteiger partial charge in [-0.2, -0.15) is 15.3 Å². The highest BCUT2D eigenvalue weighted by Crippen LogP contribution is 2.27. The van der Waals surface area contributed by atoms with Crippen LogP contribution in [0.4, 0.5) is 17.5 Å². The number of anilines is 3. The number of hydrogen-bond donors (Lipinski definition) is 2. The van der Waals surface area contributed by atoms with Crippen LogP contribution < -0.4 is 20.1 Å². The van der Waals surface area contributed by atoms with Crippen LogP contribution in [0.3, 0.4) is 0 Å². The van der Waals surface area contributed by atoms with E-state index in [0.29, 0.717) is 35.4 Å². The first kappa shape index (κ1) is 17.9. The van der Waals surface area contributed by atoms with E-state index in [-0.39, 0.29) is 0 Å². The van der Waals surface area contributed by atoms with Gasteiger partial charge in [-0.1, -0.05) is 6.07 Å². The fourth-order valence-corrected chi connectivity index (χ4v) is 2.38. The molecule has 1 heterocycles. The summed E-state index contributed by atoms with van der Waals surface area (Å²) in [4.78, 5) is 4.39. The minimum absolute atomic E-state index is 0.358. The van der Waals surface area contributed by atoms with Gasteiger partial charge in [-0.25, -0.2) is 0 Å². The van der Waals surface area contributed by atoms with Crippen LogP contribution in [-0.2, 0) is 6.54 Å². The first-order valence-corrected chi connectivity index (χ1v) is 8.13. The quantitative estimate of drug-likeness (QED) is 0.660. The second-order valence-corrected chi connectivity index (χ2v) is 5.52. The zero-order chi connectivity index (χ0) is 19.1. The molecular formula is C19H18N6O2. The number of nitrogens with zero attached hydrogens (tertiary/aromatic N) is 4. The van der Waals surface area contributed by atoms with E-state index in [1.165, 1.54) is 0 Å². The smallest absolute Gasteiger partial charge is 0.249 e. The first-order valence-electron chi connectivity index (χ1n) is 8.13. The Morgan fingerprint density at radius 1 is 1.04 bits per heavy atom. The van der Waals surface area contributed by atoms with Crippen LogP contribution in [0.15, 0.2) is 48.7 Å². The number of nitrogens with one attached hydrogen (secondary N) is 2. The maximum absolute atomic E-state index is 8.84. The molecule has 8 nitrogen and oxygen atoms in total. The van der Waals surface area contributed by atoms with Gasteiger partial charge in [0.25, 0.3) is 0 Å². The predicted molar refractivity (Wildman–Crippen MR) is 101 cm³/mol. The normalized spacial score (nSPS) is 9.96. The van der Waals surface area contributed by atoms with E-state index in [1.54, 1.807) is 44.7 Å². The maximum Gasteiger partial charge on any atom is 0.249 e. The molecule has 3 rings (SSSR count). The van der Waals surface area contributed by atoms with Crippen LogP contribution in [0.2, 0.25) is 0 Å². The molecule has 0 fully saturated rings. The number of rotatable bonds is 7. The monoisotopic (exact) mass is 362 g/mol. The summed E-state index contributed by atoms with van der Waals surface area (Å²) in [6, 6.07) is 14.8. The SMILES string of the molecule is COc1ccc(CNc2cnnc(Nc3ccc(C#N)cc3)n2)cc1OC. The Bertz CT molecular complexity index is 953. The van der Waals surface area contributed by atoms with Gasteiger partial charge in [0.1, 0.15) is 0 Å². The summed E-state index contributed by atoms with van der Waals surface area (Å²) in [7, 11) is 3.20. The lowest BCUT2D eigenvalue weighted by atomic mass is 10.2. The molecule has 0 amide bonds. The van der Waals surface area contributed by atoms with Gasteiger partial charge in [0.2, 0.25) is 5.95 Å². The average molecular weight is 362 g/mol. The molecule has 0 saturated carbocycles. The molecule has 3 aromatic rings. The van der Waals surface area contributed by atoms with Crippen molar-refractivity contribution < 1.29 is 9.47 Å². The van der Waals surface area contributed by atoms with Crippen LogP contribution in [0.1, 0.15) is 11.1 Å². The van der Waals surface area contributed by atoms with E-state index in [2.05, 4.69) is 31.9 Å². The Hall–Kier alpha value is -3.86. The summed E-state index contributed by atoms with van der Waals surface area (Å²) < 4.78 is 10.5. The highest BCUT2D eigenvalue weighted by atomic mass is 16.5. The molecule has 2 aromatic carbocycles. The summed E-state index contributed by atoms with van der Waals surface area (Å²) in [5.41, 5.74) is 2.37. The van der Waals surface area contributed by atoms with Gasteiger partial charge in [-0.05, 0) is 42.0 Å². The zero-order valence-corrected chi connectivity index (χ0v) is 14.9. The van der Waals surface area contributed by atoms with Crippen molar-refractivity contribution in [3.8, 4) is 17.6 Å². The van der Waals surface area contributed by atoms with E-state index < -0.39 is 0 Å². The number of hydrogen-bond acceptors (Lipinski definition) is 8. The van der Waals surface area contributed by atoms with E-state index in [1.807, 2.05) is 18.2 Å².